The van der Waals surface area contributed by atoms with Crippen molar-refractivity contribution in [3.05, 3.63) is 17.5 Å². The first-order chi connectivity index (χ1) is 7.19. The SMILES string of the molecule is COC(=O)c1cc(CNCCO)n(C)n1. The van der Waals surface area contributed by atoms with E-state index in [2.05, 4.69) is 15.2 Å². The molecule has 0 radical (unpaired) electrons. The van der Waals surface area contributed by atoms with Gasteiger partial charge in [-0.3, -0.25) is 4.68 Å². The van der Waals surface area contributed by atoms with Crippen LogP contribution in [-0.4, -0.2) is 41.1 Å². The van der Waals surface area contributed by atoms with Gasteiger partial charge >= 0.3 is 5.97 Å². The van der Waals surface area contributed by atoms with E-state index in [1.54, 1.807) is 17.8 Å². The fourth-order valence-electron chi connectivity index (χ4n) is 1.17. The Labute approximate surface area is 87.8 Å². The van der Waals surface area contributed by atoms with Crippen LogP contribution < -0.4 is 5.32 Å². The van der Waals surface area contributed by atoms with Crippen molar-refractivity contribution in [2.24, 2.45) is 7.05 Å². The van der Waals surface area contributed by atoms with Crippen molar-refractivity contribution in [3.63, 3.8) is 0 Å². The number of carbonyl (C=O) groups is 1. The third-order valence-corrected chi connectivity index (χ3v) is 1.97. The molecule has 0 aliphatic rings. The molecule has 0 spiro atoms. The Morgan fingerprint density at radius 3 is 3.07 bits per heavy atom. The molecule has 6 heteroatoms. The summed E-state index contributed by atoms with van der Waals surface area (Å²) in [5.74, 6) is -0.445. The van der Waals surface area contributed by atoms with Gasteiger partial charge in [-0.25, -0.2) is 4.79 Å². The second-order valence-electron chi connectivity index (χ2n) is 3.04. The number of hydrogen-bond donors (Lipinski definition) is 2. The lowest BCUT2D eigenvalue weighted by Gasteiger charge is -2.01. The van der Waals surface area contributed by atoms with Crippen LogP contribution in [0.25, 0.3) is 0 Å². The fourth-order valence-corrected chi connectivity index (χ4v) is 1.17. The van der Waals surface area contributed by atoms with Crippen LogP contribution in [0.3, 0.4) is 0 Å². The number of aryl methyl sites for hydroxylation is 1. The molecular formula is C9H15N3O3. The van der Waals surface area contributed by atoms with Gasteiger partial charge in [-0.05, 0) is 6.07 Å². The number of nitrogens with zero attached hydrogens (tertiary/aromatic N) is 2. The number of rotatable bonds is 5. The second kappa shape index (κ2) is 5.47. The molecule has 15 heavy (non-hydrogen) atoms. The van der Waals surface area contributed by atoms with Gasteiger partial charge in [0.05, 0.1) is 19.4 Å². The van der Waals surface area contributed by atoms with E-state index in [9.17, 15) is 4.79 Å². The topological polar surface area (TPSA) is 76.4 Å². The van der Waals surface area contributed by atoms with Gasteiger partial charge < -0.3 is 15.2 Å². The van der Waals surface area contributed by atoms with E-state index < -0.39 is 5.97 Å². The maximum atomic E-state index is 11.2. The summed E-state index contributed by atoms with van der Waals surface area (Å²) in [5, 5.41) is 15.6. The van der Waals surface area contributed by atoms with Crippen LogP contribution in [0.1, 0.15) is 16.2 Å². The summed E-state index contributed by atoms with van der Waals surface area (Å²) < 4.78 is 6.16. The molecule has 2 N–H and O–H groups in total. The van der Waals surface area contributed by atoms with Crippen molar-refractivity contribution in [3.8, 4) is 0 Å². The normalized spacial score (nSPS) is 10.3. The average molecular weight is 213 g/mol. The van der Waals surface area contributed by atoms with E-state index in [1.165, 1.54) is 7.11 Å². The lowest BCUT2D eigenvalue weighted by Crippen LogP contribution is -2.19. The Balaban J connectivity index is 2.64. The molecular weight excluding hydrogens is 198 g/mol. The van der Waals surface area contributed by atoms with Crippen molar-refractivity contribution in [1.82, 2.24) is 15.1 Å². The van der Waals surface area contributed by atoms with E-state index in [4.69, 9.17) is 5.11 Å². The molecule has 0 aromatic carbocycles. The summed E-state index contributed by atoms with van der Waals surface area (Å²) in [5.41, 5.74) is 1.16. The van der Waals surface area contributed by atoms with Gasteiger partial charge in [0.2, 0.25) is 0 Å². The molecule has 1 heterocycles. The number of nitrogens with one attached hydrogen (secondary N) is 1. The van der Waals surface area contributed by atoms with E-state index in [0.717, 1.165) is 5.69 Å². The maximum Gasteiger partial charge on any atom is 0.358 e. The van der Waals surface area contributed by atoms with E-state index in [1.807, 2.05) is 0 Å². The molecule has 1 aromatic rings. The summed E-state index contributed by atoms with van der Waals surface area (Å²) >= 11 is 0. The molecule has 0 fully saturated rings. The molecule has 0 amide bonds. The molecule has 0 saturated carbocycles. The largest absolute Gasteiger partial charge is 0.464 e. The third-order valence-electron chi connectivity index (χ3n) is 1.97. The summed E-state index contributed by atoms with van der Waals surface area (Å²) in [7, 11) is 3.07. The summed E-state index contributed by atoms with van der Waals surface area (Å²) in [4.78, 5) is 11.2. The van der Waals surface area contributed by atoms with Gasteiger partial charge in [0, 0.05) is 20.1 Å². The van der Waals surface area contributed by atoms with Crippen LogP contribution in [-0.2, 0) is 18.3 Å². The highest BCUT2D eigenvalue weighted by Crippen LogP contribution is 2.03. The number of hydrogen-bond acceptors (Lipinski definition) is 5. The zero-order valence-electron chi connectivity index (χ0n) is 8.86. The fraction of sp³-hybridized carbons (Fsp3) is 0.556. The molecule has 0 saturated heterocycles. The van der Waals surface area contributed by atoms with Crippen LogP contribution in [0.2, 0.25) is 0 Å². The van der Waals surface area contributed by atoms with Gasteiger partial charge in [-0.2, -0.15) is 5.10 Å². The molecule has 6 nitrogen and oxygen atoms in total. The molecule has 0 unspecified atom stereocenters. The van der Waals surface area contributed by atoms with Crippen molar-refractivity contribution in [2.45, 2.75) is 6.54 Å². The van der Waals surface area contributed by atoms with E-state index in [-0.39, 0.29) is 6.61 Å². The Kier molecular flexibility index (Phi) is 4.26. The first-order valence-corrected chi connectivity index (χ1v) is 4.62. The smallest absolute Gasteiger partial charge is 0.358 e. The Morgan fingerprint density at radius 1 is 1.73 bits per heavy atom. The number of aromatic nitrogens is 2. The van der Waals surface area contributed by atoms with Crippen LogP contribution >= 0.6 is 0 Å². The minimum Gasteiger partial charge on any atom is -0.464 e. The average Bonchev–Trinajstić information content (AvgIpc) is 2.60. The molecule has 0 aliphatic carbocycles. The number of esters is 1. The zero-order chi connectivity index (χ0) is 11.3. The lowest BCUT2D eigenvalue weighted by atomic mass is 10.3. The standard InChI is InChI=1S/C9H15N3O3/c1-12-7(6-10-3-4-13)5-8(11-12)9(14)15-2/h5,10,13H,3-4,6H2,1-2H3. The van der Waals surface area contributed by atoms with E-state index >= 15 is 0 Å². The highest BCUT2D eigenvalue weighted by Gasteiger charge is 2.12. The molecule has 1 rings (SSSR count). The van der Waals surface area contributed by atoms with Gasteiger partial charge in [-0.15, -0.1) is 0 Å². The first-order valence-electron chi connectivity index (χ1n) is 4.62. The highest BCUT2D eigenvalue weighted by molar-refractivity contribution is 5.87. The second-order valence-corrected chi connectivity index (χ2v) is 3.04. The molecule has 0 atom stereocenters. The summed E-state index contributed by atoms with van der Waals surface area (Å²) in [6, 6.07) is 1.66. The number of methoxy groups -OCH3 is 1. The van der Waals surface area contributed by atoms with Crippen molar-refractivity contribution >= 4 is 5.97 Å². The predicted molar refractivity (Wildman–Crippen MR) is 53.3 cm³/mol. The number of aliphatic hydroxyl groups excluding tert-OH is 1. The number of carbonyl (C=O) groups excluding carboxylic acids is 1. The first kappa shape index (κ1) is 11.7. The monoisotopic (exact) mass is 213 g/mol. The van der Waals surface area contributed by atoms with Crippen molar-refractivity contribution in [1.29, 1.82) is 0 Å². The Bertz CT molecular complexity index is 335. The van der Waals surface area contributed by atoms with Gasteiger partial charge in [0.1, 0.15) is 0 Å². The minimum atomic E-state index is -0.445. The van der Waals surface area contributed by atoms with Gasteiger partial charge in [0.25, 0.3) is 0 Å². The quantitative estimate of drug-likeness (QED) is 0.499. The highest BCUT2D eigenvalue weighted by atomic mass is 16.5. The molecule has 1 aromatic heterocycles. The van der Waals surface area contributed by atoms with Crippen LogP contribution in [0.5, 0.6) is 0 Å². The van der Waals surface area contributed by atoms with Crippen molar-refractivity contribution in [2.75, 3.05) is 20.3 Å². The lowest BCUT2D eigenvalue weighted by molar-refractivity contribution is 0.0593. The number of ether oxygens (including phenoxy) is 1. The van der Waals surface area contributed by atoms with Crippen molar-refractivity contribution < 1.29 is 14.6 Å². The van der Waals surface area contributed by atoms with Gasteiger partial charge in [-0.1, -0.05) is 0 Å². The molecule has 0 aliphatic heterocycles. The summed E-state index contributed by atoms with van der Waals surface area (Å²) in [6.07, 6.45) is 0. The van der Waals surface area contributed by atoms with Crippen LogP contribution in [0.4, 0.5) is 0 Å². The number of aliphatic hydroxyl groups is 1. The summed E-state index contributed by atoms with van der Waals surface area (Å²) in [6.45, 7) is 1.15. The predicted octanol–water partition coefficient (Wildman–Crippen LogP) is -0.711. The Morgan fingerprint density at radius 2 is 2.47 bits per heavy atom. The molecule has 0 bridgehead atoms. The van der Waals surface area contributed by atoms with Gasteiger partial charge in [0.15, 0.2) is 5.69 Å². The third kappa shape index (κ3) is 3.03. The minimum absolute atomic E-state index is 0.0850. The maximum absolute atomic E-state index is 11.2. The van der Waals surface area contributed by atoms with Crippen LogP contribution in [0, 0.1) is 0 Å². The van der Waals surface area contributed by atoms with Crippen LogP contribution in [0.15, 0.2) is 6.07 Å². The zero-order valence-corrected chi connectivity index (χ0v) is 8.86. The van der Waals surface area contributed by atoms with E-state index in [0.29, 0.717) is 18.8 Å². The molecule has 84 valence electrons. The Hall–Kier alpha value is -1.40.